The zero-order valence-corrected chi connectivity index (χ0v) is 19.0. The van der Waals surface area contributed by atoms with Gasteiger partial charge in [0.1, 0.15) is 17.9 Å². The second-order valence-corrected chi connectivity index (χ2v) is 7.92. The van der Waals surface area contributed by atoms with Crippen molar-refractivity contribution in [1.82, 2.24) is 39.7 Å². The number of nitrogens with zero attached hydrogens (tertiary/aromatic N) is 8. The van der Waals surface area contributed by atoms with Gasteiger partial charge in [0, 0.05) is 12.1 Å². The number of benzene rings is 1. The van der Waals surface area contributed by atoms with Gasteiger partial charge in [0.2, 0.25) is 5.82 Å². The molecule has 0 aliphatic carbocycles. The maximum atomic E-state index is 5.99. The number of aromatic nitrogens is 8. The molecule has 0 fully saturated rings. The first-order valence-electron chi connectivity index (χ1n) is 10.9. The maximum absolute atomic E-state index is 5.99. The van der Waals surface area contributed by atoms with E-state index in [2.05, 4.69) is 37.7 Å². The van der Waals surface area contributed by atoms with Gasteiger partial charge in [-0.2, -0.15) is 9.61 Å². The van der Waals surface area contributed by atoms with Crippen LogP contribution in [-0.2, 0) is 13.2 Å². The van der Waals surface area contributed by atoms with Crippen molar-refractivity contribution in [2.75, 3.05) is 7.11 Å². The molecule has 0 spiro atoms. The van der Waals surface area contributed by atoms with Crippen LogP contribution < -0.4 is 9.47 Å². The Kier molecular flexibility index (Phi) is 5.06. The summed E-state index contributed by atoms with van der Waals surface area (Å²) in [4.78, 5) is 4.70. The van der Waals surface area contributed by atoms with E-state index < -0.39 is 0 Å². The second-order valence-electron chi connectivity index (χ2n) is 7.92. The zero-order chi connectivity index (χ0) is 23.8. The highest BCUT2D eigenvalue weighted by Crippen LogP contribution is 2.28. The Hall–Kier alpha value is -4.80. The molecule has 0 saturated carbocycles. The predicted molar refractivity (Wildman–Crippen MR) is 125 cm³/mol. The Labute approximate surface area is 198 Å². The Morgan fingerprint density at radius 3 is 2.71 bits per heavy atom. The van der Waals surface area contributed by atoms with E-state index in [4.69, 9.17) is 19.0 Å². The van der Waals surface area contributed by atoms with Gasteiger partial charge in [-0.25, -0.2) is 4.98 Å². The van der Waals surface area contributed by atoms with Crippen molar-refractivity contribution in [1.29, 1.82) is 0 Å². The number of fused-ring (bicyclic) bond motifs is 2. The molecule has 0 amide bonds. The Bertz CT molecular complexity index is 1640. The molecule has 0 N–H and O–H groups in total. The molecule has 11 nitrogen and oxygen atoms in total. The lowest BCUT2D eigenvalue weighted by Gasteiger charge is -2.10. The molecule has 0 bridgehead atoms. The first-order chi connectivity index (χ1) is 17.2. The molecule has 174 valence electrons. The molecule has 5 aromatic heterocycles. The fourth-order valence-corrected chi connectivity index (χ4v) is 3.79. The largest absolute Gasteiger partial charge is 0.491 e. The molecular weight excluding hydrogens is 448 g/mol. The van der Waals surface area contributed by atoms with Crippen molar-refractivity contribution in [3.63, 3.8) is 0 Å². The van der Waals surface area contributed by atoms with E-state index in [-0.39, 0.29) is 12.5 Å². The second kappa shape index (κ2) is 8.52. The fourth-order valence-electron chi connectivity index (χ4n) is 3.79. The third-order valence-corrected chi connectivity index (χ3v) is 5.49. The lowest BCUT2D eigenvalue weighted by atomic mass is 10.2. The molecule has 6 aromatic rings. The first kappa shape index (κ1) is 20.8. The van der Waals surface area contributed by atoms with Crippen LogP contribution in [0.15, 0.2) is 65.3 Å². The van der Waals surface area contributed by atoms with Gasteiger partial charge in [0.15, 0.2) is 17.1 Å². The Morgan fingerprint density at radius 2 is 1.91 bits per heavy atom. The summed E-state index contributed by atoms with van der Waals surface area (Å²) >= 11 is 0. The first-order valence-corrected chi connectivity index (χ1v) is 10.9. The lowest BCUT2D eigenvalue weighted by molar-refractivity contribution is 0.264. The molecule has 0 unspecified atom stereocenters. The quantitative estimate of drug-likeness (QED) is 0.347. The average Bonchev–Trinajstić information content (AvgIpc) is 3.61. The minimum Gasteiger partial charge on any atom is -0.491 e. The molecule has 6 rings (SSSR count). The predicted octanol–water partition coefficient (Wildman–Crippen LogP) is 3.47. The maximum Gasteiger partial charge on any atom is 0.275 e. The summed E-state index contributed by atoms with van der Waals surface area (Å²) < 4.78 is 20.1. The average molecular weight is 468 g/mol. The van der Waals surface area contributed by atoms with Crippen molar-refractivity contribution in [2.45, 2.75) is 20.1 Å². The molecule has 0 aliphatic heterocycles. The standard InChI is InChI=1S/C24H20N8O3/c1-15-10-18(30-35-15)23-28-27-22-11-21(33-2)24(29-32(22)23)34-14-17-8-9-20-19(26-17)12-25-31(20)13-16-6-4-3-5-7-16/h3-12H,13-14H2,1-2H3. The lowest BCUT2D eigenvalue weighted by Crippen LogP contribution is -2.05. The van der Waals surface area contributed by atoms with E-state index >= 15 is 0 Å². The van der Waals surface area contributed by atoms with Crippen LogP contribution in [-0.4, -0.2) is 46.8 Å². The van der Waals surface area contributed by atoms with Gasteiger partial charge in [-0.3, -0.25) is 4.68 Å². The number of hydrogen-bond donors (Lipinski definition) is 0. The van der Waals surface area contributed by atoms with Crippen LogP contribution in [0, 0.1) is 6.92 Å². The van der Waals surface area contributed by atoms with Crippen LogP contribution in [0.25, 0.3) is 28.2 Å². The molecule has 0 atom stereocenters. The number of rotatable bonds is 7. The van der Waals surface area contributed by atoms with E-state index in [0.29, 0.717) is 35.2 Å². The van der Waals surface area contributed by atoms with E-state index in [1.165, 1.54) is 5.56 Å². The van der Waals surface area contributed by atoms with Crippen molar-refractivity contribution < 1.29 is 14.0 Å². The molecule has 0 saturated heterocycles. The molecule has 0 aliphatic rings. The summed E-state index contributed by atoms with van der Waals surface area (Å²) in [5.41, 5.74) is 4.67. The summed E-state index contributed by atoms with van der Waals surface area (Å²) in [6.45, 7) is 2.67. The molecule has 11 heteroatoms. The summed E-state index contributed by atoms with van der Waals surface area (Å²) in [6, 6.07) is 17.6. The van der Waals surface area contributed by atoms with Crippen LogP contribution in [0.2, 0.25) is 0 Å². The molecule has 0 radical (unpaired) electrons. The Morgan fingerprint density at radius 1 is 1.03 bits per heavy atom. The van der Waals surface area contributed by atoms with Crippen molar-refractivity contribution >= 4 is 16.7 Å². The van der Waals surface area contributed by atoms with E-state index in [9.17, 15) is 0 Å². The van der Waals surface area contributed by atoms with E-state index in [1.807, 2.05) is 35.0 Å². The SMILES string of the molecule is COc1cc2nnc(-c3cc(C)on3)n2nc1OCc1ccc2c(cnn2Cc2ccccc2)n1. The van der Waals surface area contributed by atoms with Gasteiger partial charge in [-0.05, 0) is 24.6 Å². The van der Waals surface area contributed by atoms with Crippen molar-refractivity contribution in [3.8, 4) is 23.1 Å². The van der Waals surface area contributed by atoms with Crippen molar-refractivity contribution in [3.05, 3.63) is 77.8 Å². The smallest absolute Gasteiger partial charge is 0.275 e. The topological polar surface area (TPSA) is 118 Å². The van der Waals surface area contributed by atoms with E-state index in [1.54, 1.807) is 36.9 Å². The minimum absolute atomic E-state index is 0.190. The van der Waals surface area contributed by atoms with Gasteiger partial charge < -0.3 is 14.0 Å². The minimum atomic E-state index is 0.190. The van der Waals surface area contributed by atoms with Gasteiger partial charge in [0.25, 0.3) is 5.88 Å². The van der Waals surface area contributed by atoms with Crippen LogP contribution in [0.4, 0.5) is 0 Å². The summed E-state index contributed by atoms with van der Waals surface area (Å²) in [5, 5.41) is 21.4. The number of hydrogen-bond acceptors (Lipinski definition) is 9. The zero-order valence-electron chi connectivity index (χ0n) is 19.0. The third-order valence-electron chi connectivity index (χ3n) is 5.49. The summed E-state index contributed by atoms with van der Waals surface area (Å²) in [6.07, 6.45) is 1.76. The van der Waals surface area contributed by atoms with Gasteiger partial charge in [-0.1, -0.05) is 35.5 Å². The van der Waals surface area contributed by atoms with Gasteiger partial charge >= 0.3 is 0 Å². The normalized spacial score (nSPS) is 11.4. The number of aryl methyl sites for hydroxylation is 1. The highest BCUT2D eigenvalue weighted by Gasteiger charge is 2.18. The number of methoxy groups -OCH3 is 1. The molecule has 5 heterocycles. The highest BCUT2D eigenvalue weighted by molar-refractivity contribution is 5.74. The third kappa shape index (κ3) is 3.92. The molecule has 1 aromatic carbocycles. The van der Waals surface area contributed by atoms with Crippen molar-refractivity contribution in [2.24, 2.45) is 0 Å². The van der Waals surface area contributed by atoms with E-state index in [0.717, 1.165) is 16.7 Å². The van der Waals surface area contributed by atoms with Gasteiger partial charge in [0.05, 0.1) is 31.1 Å². The van der Waals surface area contributed by atoms with Crippen LogP contribution in [0.3, 0.4) is 0 Å². The van der Waals surface area contributed by atoms with Gasteiger partial charge in [-0.15, -0.1) is 15.3 Å². The van der Waals surface area contributed by atoms with Crippen LogP contribution >= 0.6 is 0 Å². The van der Waals surface area contributed by atoms with Crippen LogP contribution in [0.5, 0.6) is 11.6 Å². The summed E-state index contributed by atoms with van der Waals surface area (Å²) in [5.74, 6) is 1.82. The Balaban J connectivity index is 1.26. The number of pyridine rings is 1. The summed E-state index contributed by atoms with van der Waals surface area (Å²) in [7, 11) is 1.55. The van der Waals surface area contributed by atoms with Crippen LogP contribution in [0.1, 0.15) is 17.0 Å². The highest BCUT2D eigenvalue weighted by atomic mass is 16.5. The monoisotopic (exact) mass is 468 g/mol. The fraction of sp³-hybridized carbons (Fsp3) is 0.167. The number of ether oxygens (including phenoxy) is 2. The molecule has 35 heavy (non-hydrogen) atoms. The molecular formula is C24H20N8O3.